The number of rotatable bonds is 3. The molecule has 0 saturated carbocycles. The Morgan fingerprint density at radius 2 is 1.16 bits per heavy atom. The lowest BCUT2D eigenvalue weighted by Gasteiger charge is -2.50. The zero-order valence-corrected chi connectivity index (χ0v) is 22.3. The second-order valence-corrected chi connectivity index (χ2v) is 11.4. The Kier molecular flexibility index (Phi) is 4.87. The van der Waals surface area contributed by atoms with Gasteiger partial charge in [0.05, 0.1) is 16.8 Å². The SMILES string of the molecule is CC1(C)c2ccccc2-c2cccc(N(c3ccccc3)c3cccc4oc5ccccc5c34)c2C1(C)C. The van der Waals surface area contributed by atoms with Crippen LogP contribution in [-0.2, 0) is 10.8 Å². The average molecular weight is 494 g/mol. The van der Waals surface area contributed by atoms with E-state index in [0.29, 0.717) is 0 Å². The summed E-state index contributed by atoms with van der Waals surface area (Å²) in [6.07, 6.45) is 0. The molecule has 0 aliphatic heterocycles. The lowest BCUT2D eigenvalue weighted by Crippen LogP contribution is -2.44. The second-order valence-electron chi connectivity index (χ2n) is 11.4. The molecule has 0 radical (unpaired) electrons. The first-order valence-electron chi connectivity index (χ1n) is 13.4. The number of nitrogens with zero attached hydrogens (tertiary/aromatic N) is 1. The van der Waals surface area contributed by atoms with Crippen LogP contribution >= 0.6 is 0 Å². The van der Waals surface area contributed by atoms with Gasteiger partial charge in [-0.05, 0) is 64.1 Å². The van der Waals surface area contributed by atoms with E-state index in [-0.39, 0.29) is 10.8 Å². The molecular formula is C36H31NO. The largest absolute Gasteiger partial charge is 0.456 e. The molecule has 0 bridgehead atoms. The van der Waals surface area contributed by atoms with E-state index in [1.165, 1.54) is 27.9 Å². The van der Waals surface area contributed by atoms with Gasteiger partial charge in [0.1, 0.15) is 11.2 Å². The fourth-order valence-corrected chi connectivity index (χ4v) is 6.45. The van der Waals surface area contributed by atoms with Gasteiger partial charge in [-0.25, -0.2) is 0 Å². The zero-order chi connectivity index (χ0) is 26.1. The molecule has 0 spiro atoms. The van der Waals surface area contributed by atoms with Gasteiger partial charge in [-0.2, -0.15) is 0 Å². The second kappa shape index (κ2) is 8.10. The van der Waals surface area contributed by atoms with Crippen LogP contribution in [0.5, 0.6) is 0 Å². The Morgan fingerprint density at radius 1 is 0.526 bits per heavy atom. The summed E-state index contributed by atoms with van der Waals surface area (Å²) in [4.78, 5) is 2.44. The minimum atomic E-state index is -0.132. The molecule has 1 aliphatic carbocycles. The Morgan fingerprint density at radius 3 is 2.00 bits per heavy atom. The van der Waals surface area contributed by atoms with Crippen LogP contribution in [-0.4, -0.2) is 0 Å². The molecule has 2 nitrogen and oxygen atoms in total. The Balaban J connectivity index is 1.60. The molecule has 186 valence electrons. The number of furan rings is 1. The molecule has 0 unspecified atom stereocenters. The predicted molar refractivity (Wildman–Crippen MR) is 160 cm³/mol. The monoisotopic (exact) mass is 493 g/mol. The van der Waals surface area contributed by atoms with E-state index in [1.807, 2.05) is 6.07 Å². The number of para-hydroxylation sites is 2. The molecule has 38 heavy (non-hydrogen) atoms. The molecule has 1 heterocycles. The van der Waals surface area contributed by atoms with Gasteiger partial charge in [-0.3, -0.25) is 0 Å². The van der Waals surface area contributed by atoms with Gasteiger partial charge < -0.3 is 9.32 Å². The van der Waals surface area contributed by atoms with Gasteiger partial charge in [-0.15, -0.1) is 0 Å². The van der Waals surface area contributed by atoms with Crippen molar-refractivity contribution in [3.63, 3.8) is 0 Å². The number of anilines is 3. The van der Waals surface area contributed by atoms with E-state index >= 15 is 0 Å². The maximum absolute atomic E-state index is 6.32. The van der Waals surface area contributed by atoms with Crippen LogP contribution in [0.15, 0.2) is 120 Å². The third-order valence-electron chi connectivity index (χ3n) is 9.00. The molecule has 6 aromatic rings. The molecule has 7 rings (SSSR count). The van der Waals surface area contributed by atoms with Gasteiger partial charge in [0, 0.05) is 16.5 Å². The summed E-state index contributed by atoms with van der Waals surface area (Å²) in [5.41, 5.74) is 10.5. The van der Waals surface area contributed by atoms with Crippen molar-refractivity contribution in [3.8, 4) is 11.1 Å². The highest BCUT2D eigenvalue weighted by Crippen LogP contribution is 2.58. The first kappa shape index (κ1) is 22.9. The van der Waals surface area contributed by atoms with Crippen molar-refractivity contribution >= 4 is 39.0 Å². The van der Waals surface area contributed by atoms with Gasteiger partial charge in [0.25, 0.3) is 0 Å². The molecule has 0 saturated heterocycles. The Labute approximate surface area is 224 Å². The third kappa shape index (κ3) is 3.07. The van der Waals surface area contributed by atoms with Crippen molar-refractivity contribution in [1.82, 2.24) is 0 Å². The van der Waals surface area contributed by atoms with Gasteiger partial charge in [0.15, 0.2) is 0 Å². The van der Waals surface area contributed by atoms with Crippen LogP contribution in [0.1, 0.15) is 38.8 Å². The molecule has 0 amide bonds. The van der Waals surface area contributed by atoms with E-state index in [2.05, 4.69) is 142 Å². The molecule has 0 N–H and O–H groups in total. The number of fused-ring (bicyclic) bond motifs is 6. The van der Waals surface area contributed by atoms with Gasteiger partial charge in [0.2, 0.25) is 0 Å². The highest BCUT2D eigenvalue weighted by molar-refractivity contribution is 6.13. The first-order valence-corrected chi connectivity index (χ1v) is 13.4. The van der Waals surface area contributed by atoms with Gasteiger partial charge in [-0.1, -0.05) is 107 Å². The van der Waals surface area contributed by atoms with Crippen LogP contribution < -0.4 is 4.90 Å². The van der Waals surface area contributed by atoms with Crippen LogP contribution in [0.4, 0.5) is 17.1 Å². The molecular weight excluding hydrogens is 462 g/mol. The molecule has 0 atom stereocenters. The molecule has 2 heteroatoms. The summed E-state index contributed by atoms with van der Waals surface area (Å²) in [5, 5.41) is 2.27. The fourth-order valence-electron chi connectivity index (χ4n) is 6.45. The van der Waals surface area contributed by atoms with E-state index in [9.17, 15) is 0 Å². The molecule has 5 aromatic carbocycles. The van der Waals surface area contributed by atoms with Crippen molar-refractivity contribution in [3.05, 3.63) is 126 Å². The van der Waals surface area contributed by atoms with Crippen molar-refractivity contribution in [2.75, 3.05) is 4.90 Å². The summed E-state index contributed by atoms with van der Waals surface area (Å²) in [6.45, 7) is 9.59. The topological polar surface area (TPSA) is 16.4 Å². The highest BCUT2D eigenvalue weighted by Gasteiger charge is 2.47. The standard InChI is InChI=1S/C36H31NO/c1-35(2)28-19-10-8-16-25(28)26-18-12-21-30(34(26)36(35,3)4)37(24-14-6-5-7-15-24)29-20-13-23-32-33(29)27-17-9-11-22-31(27)38-32/h5-23H,1-4H3. The summed E-state index contributed by atoms with van der Waals surface area (Å²) in [7, 11) is 0. The Hall–Kier alpha value is -4.30. The van der Waals surface area contributed by atoms with E-state index in [1.54, 1.807) is 0 Å². The van der Waals surface area contributed by atoms with E-state index in [4.69, 9.17) is 4.42 Å². The summed E-state index contributed by atoms with van der Waals surface area (Å²) in [5.74, 6) is 0. The third-order valence-corrected chi connectivity index (χ3v) is 9.00. The maximum Gasteiger partial charge on any atom is 0.137 e. The van der Waals surface area contributed by atoms with Crippen molar-refractivity contribution in [1.29, 1.82) is 0 Å². The first-order chi connectivity index (χ1) is 18.4. The average Bonchev–Trinajstić information content (AvgIpc) is 3.32. The summed E-state index contributed by atoms with van der Waals surface area (Å²) in [6, 6.07) is 41.2. The fraction of sp³-hybridized carbons (Fsp3) is 0.167. The molecule has 0 fully saturated rings. The van der Waals surface area contributed by atoms with E-state index in [0.717, 1.165) is 33.3 Å². The van der Waals surface area contributed by atoms with Crippen molar-refractivity contribution < 1.29 is 4.42 Å². The van der Waals surface area contributed by atoms with Crippen LogP contribution in [0.3, 0.4) is 0 Å². The number of hydrogen-bond donors (Lipinski definition) is 0. The quantitative estimate of drug-likeness (QED) is 0.244. The summed E-state index contributed by atoms with van der Waals surface area (Å²) < 4.78 is 6.32. The number of benzene rings is 5. The zero-order valence-electron chi connectivity index (χ0n) is 22.3. The lowest BCUT2D eigenvalue weighted by atomic mass is 9.55. The van der Waals surface area contributed by atoms with Crippen LogP contribution in [0.2, 0.25) is 0 Å². The normalized spacial score (nSPS) is 15.3. The Bertz CT molecular complexity index is 1820. The van der Waals surface area contributed by atoms with Crippen LogP contribution in [0.25, 0.3) is 33.1 Å². The van der Waals surface area contributed by atoms with Crippen LogP contribution in [0, 0.1) is 0 Å². The minimum absolute atomic E-state index is 0.0661. The number of hydrogen-bond acceptors (Lipinski definition) is 2. The predicted octanol–water partition coefficient (Wildman–Crippen LogP) is 10.3. The lowest BCUT2D eigenvalue weighted by molar-refractivity contribution is 0.300. The summed E-state index contributed by atoms with van der Waals surface area (Å²) >= 11 is 0. The minimum Gasteiger partial charge on any atom is -0.456 e. The molecule has 1 aliphatic rings. The van der Waals surface area contributed by atoms with Gasteiger partial charge >= 0.3 is 0 Å². The van der Waals surface area contributed by atoms with E-state index < -0.39 is 0 Å². The molecule has 1 aromatic heterocycles. The van der Waals surface area contributed by atoms with Crippen molar-refractivity contribution in [2.45, 2.75) is 38.5 Å². The van der Waals surface area contributed by atoms with Crippen molar-refractivity contribution in [2.24, 2.45) is 0 Å². The maximum atomic E-state index is 6.32. The smallest absolute Gasteiger partial charge is 0.137 e. The highest BCUT2D eigenvalue weighted by atomic mass is 16.3.